The lowest BCUT2D eigenvalue weighted by molar-refractivity contribution is 0.171. The van der Waals surface area contributed by atoms with E-state index in [1.165, 1.54) is 0 Å². The molecule has 0 spiro atoms. The number of rotatable bonds is 9. The van der Waals surface area contributed by atoms with E-state index in [1.54, 1.807) is 23.7 Å². The molecule has 0 radical (unpaired) electrons. The zero-order valence-electron chi connectivity index (χ0n) is 16.4. The molecule has 0 aliphatic heterocycles. The van der Waals surface area contributed by atoms with E-state index in [1.807, 2.05) is 54.6 Å². The Morgan fingerprint density at radius 1 is 1.00 bits per heavy atom. The van der Waals surface area contributed by atoms with Crippen LogP contribution in [0.15, 0.2) is 84.5 Å². The van der Waals surface area contributed by atoms with Gasteiger partial charge in [-0.1, -0.05) is 48.5 Å². The maximum atomic E-state index is 10.1. The smallest absolute Gasteiger partial charge is 0.124 e. The van der Waals surface area contributed by atoms with Gasteiger partial charge in [-0.05, 0) is 18.2 Å². The molecule has 2 N–H and O–H groups in total. The van der Waals surface area contributed by atoms with Gasteiger partial charge in [0.15, 0.2) is 0 Å². The first-order valence-electron chi connectivity index (χ1n) is 9.82. The minimum absolute atomic E-state index is 0.455. The summed E-state index contributed by atoms with van der Waals surface area (Å²) in [5.74, 6) is 0.802. The summed E-state index contributed by atoms with van der Waals surface area (Å²) in [6.45, 7) is 1.60. The van der Waals surface area contributed by atoms with E-state index in [4.69, 9.17) is 9.72 Å². The van der Waals surface area contributed by atoms with Gasteiger partial charge in [0.25, 0.3) is 0 Å². The Labute approximate surface area is 180 Å². The predicted molar refractivity (Wildman–Crippen MR) is 121 cm³/mol. The first-order chi connectivity index (χ1) is 14.8. The Hall–Kier alpha value is -3.06. The van der Waals surface area contributed by atoms with Gasteiger partial charge in [0.05, 0.1) is 11.8 Å². The largest absolute Gasteiger partial charge is 0.492 e. The molecule has 152 valence electrons. The summed E-state index contributed by atoms with van der Waals surface area (Å²) in [6, 6.07) is 21.8. The fourth-order valence-corrected chi connectivity index (χ4v) is 3.87. The molecule has 1 atom stereocenters. The van der Waals surface area contributed by atoms with E-state index < -0.39 is 6.10 Å². The molecule has 4 rings (SSSR count). The molecular formula is C24H23N3O2S. The monoisotopic (exact) mass is 417 g/mol. The van der Waals surface area contributed by atoms with Crippen LogP contribution in [0.2, 0.25) is 0 Å². The average molecular weight is 418 g/mol. The number of hydrogen-bond acceptors (Lipinski definition) is 6. The minimum Gasteiger partial charge on any atom is -0.492 e. The third-order valence-corrected chi connectivity index (χ3v) is 5.50. The molecule has 2 aromatic carbocycles. The molecule has 5 nitrogen and oxygen atoms in total. The molecule has 0 bridgehead atoms. The summed E-state index contributed by atoms with van der Waals surface area (Å²) < 4.78 is 5.87. The summed E-state index contributed by atoms with van der Waals surface area (Å²) in [4.78, 5) is 8.79. The van der Waals surface area contributed by atoms with Crippen molar-refractivity contribution in [1.29, 1.82) is 0 Å². The number of aromatic nitrogens is 2. The van der Waals surface area contributed by atoms with Crippen LogP contribution in [-0.2, 0) is 0 Å². The lowest BCUT2D eigenvalue weighted by Crippen LogP contribution is -2.26. The van der Waals surface area contributed by atoms with Crippen molar-refractivity contribution in [2.24, 2.45) is 0 Å². The van der Waals surface area contributed by atoms with Crippen LogP contribution >= 0.6 is 11.3 Å². The molecule has 30 heavy (non-hydrogen) atoms. The van der Waals surface area contributed by atoms with Crippen molar-refractivity contribution in [1.82, 2.24) is 15.3 Å². The van der Waals surface area contributed by atoms with Crippen molar-refractivity contribution in [2.75, 3.05) is 19.7 Å². The van der Waals surface area contributed by atoms with Gasteiger partial charge in [0.1, 0.15) is 17.4 Å². The van der Waals surface area contributed by atoms with Crippen LogP contribution in [0.3, 0.4) is 0 Å². The maximum absolute atomic E-state index is 10.1. The van der Waals surface area contributed by atoms with Crippen molar-refractivity contribution < 1.29 is 9.84 Å². The van der Waals surface area contributed by atoms with E-state index in [9.17, 15) is 5.11 Å². The number of nitrogens with zero attached hydrogens (tertiary/aromatic N) is 2. The van der Waals surface area contributed by atoms with Crippen molar-refractivity contribution in [2.45, 2.75) is 6.10 Å². The van der Waals surface area contributed by atoms with Gasteiger partial charge in [-0.2, -0.15) is 0 Å². The van der Waals surface area contributed by atoms with E-state index >= 15 is 0 Å². The molecule has 0 unspecified atom stereocenters. The molecule has 0 aliphatic rings. The van der Waals surface area contributed by atoms with E-state index in [2.05, 4.69) is 27.8 Å². The van der Waals surface area contributed by atoms with Crippen molar-refractivity contribution in [3.8, 4) is 27.6 Å². The highest BCUT2D eigenvalue weighted by molar-refractivity contribution is 7.13. The third-order valence-electron chi connectivity index (χ3n) is 4.61. The Balaban J connectivity index is 1.28. The Morgan fingerprint density at radius 2 is 1.87 bits per heavy atom. The zero-order chi connectivity index (χ0) is 20.6. The number of pyridine rings is 1. The number of hydrogen-bond donors (Lipinski definition) is 2. The summed E-state index contributed by atoms with van der Waals surface area (Å²) in [5, 5.41) is 16.4. The summed E-state index contributed by atoms with van der Waals surface area (Å²) >= 11 is 1.64. The van der Waals surface area contributed by atoms with Gasteiger partial charge in [0.2, 0.25) is 0 Å². The van der Waals surface area contributed by atoms with E-state index in [-0.39, 0.29) is 0 Å². The first kappa shape index (κ1) is 20.2. The van der Waals surface area contributed by atoms with Crippen LogP contribution < -0.4 is 10.1 Å². The molecule has 0 saturated carbocycles. The van der Waals surface area contributed by atoms with E-state index in [0.29, 0.717) is 19.7 Å². The number of benzene rings is 2. The highest BCUT2D eigenvalue weighted by Crippen LogP contribution is 2.30. The van der Waals surface area contributed by atoms with Crippen LogP contribution in [0.4, 0.5) is 0 Å². The SMILES string of the molecule is O[C@@H](CNCCOc1cccc(-c2csc(-c3ccccc3)n2)c1)c1cccnc1. The van der Waals surface area contributed by atoms with Crippen LogP contribution in [0.1, 0.15) is 11.7 Å². The minimum atomic E-state index is -0.578. The standard InChI is InChI=1S/C24H23N3O2S/c28-23(20-9-5-11-25-15-20)16-26-12-13-29-21-10-4-8-19(14-21)22-17-30-24(27-22)18-6-2-1-3-7-18/h1-11,14-15,17,23,26,28H,12-13,16H2/t23-/m0/s1. The first-order valence-corrected chi connectivity index (χ1v) is 10.7. The third kappa shape index (κ3) is 5.30. The number of aliphatic hydroxyl groups excluding tert-OH is 1. The summed E-state index contributed by atoms with van der Waals surface area (Å²) in [5.41, 5.74) is 3.91. The molecule has 2 heterocycles. The highest BCUT2D eigenvalue weighted by Gasteiger charge is 2.08. The Bertz CT molecular complexity index is 1050. The molecule has 0 saturated heterocycles. The van der Waals surface area contributed by atoms with Gasteiger partial charge in [0, 0.05) is 47.6 Å². The van der Waals surface area contributed by atoms with Gasteiger partial charge >= 0.3 is 0 Å². The predicted octanol–water partition coefficient (Wildman–Crippen LogP) is 4.57. The van der Waals surface area contributed by atoms with Gasteiger partial charge in [-0.25, -0.2) is 4.98 Å². The summed E-state index contributed by atoms with van der Waals surface area (Å²) in [6.07, 6.45) is 2.79. The molecular weight excluding hydrogens is 394 g/mol. The molecule has 0 amide bonds. The second kappa shape index (κ2) is 10.1. The lowest BCUT2D eigenvalue weighted by atomic mass is 10.1. The molecule has 2 aromatic heterocycles. The van der Waals surface area contributed by atoms with Gasteiger partial charge in [-0.15, -0.1) is 11.3 Å². The summed E-state index contributed by atoms with van der Waals surface area (Å²) in [7, 11) is 0. The number of nitrogens with one attached hydrogen (secondary N) is 1. The van der Waals surface area contributed by atoms with Crippen LogP contribution in [-0.4, -0.2) is 34.8 Å². The molecule has 0 fully saturated rings. The second-order valence-electron chi connectivity index (χ2n) is 6.79. The van der Waals surface area contributed by atoms with E-state index in [0.717, 1.165) is 33.1 Å². The quantitative estimate of drug-likeness (QED) is 0.390. The molecule has 0 aliphatic carbocycles. The normalized spacial score (nSPS) is 11.9. The second-order valence-corrected chi connectivity index (χ2v) is 7.64. The maximum Gasteiger partial charge on any atom is 0.124 e. The number of thiazole rings is 1. The van der Waals surface area contributed by atoms with Gasteiger partial charge < -0.3 is 15.2 Å². The van der Waals surface area contributed by atoms with Gasteiger partial charge in [-0.3, -0.25) is 4.98 Å². The van der Waals surface area contributed by atoms with Crippen molar-refractivity contribution in [3.05, 3.63) is 90.1 Å². The zero-order valence-corrected chi connectivity index (χ0v) is 17.3. The highest BCUT2D eigenvalue weighted by atomic mass is 32.1. The number of aliphatic hydroxyl groups is 1. The van der Waals surface area contributed by atoms with Crippen molar-refractivity contribution in [3.63, 3.8) is 0 Å². The lowest BCUT2D eigenvalue weighted by Gasteiger charge is -2.12. The molecule has 4 aromatic rings. The number of ether oxygens (including phenoxy) is 1. The van der Waals surface area contributed by atoms with Crippen LogP contribution in [0.25, 0.3) is 21.8 Å². The fourth-order valence-electron chi connectivity index (χ4n) is 3.04. The van der Waals surface area contributed by atoms with Crippen LogP contribution in [0, 0.1) is 0 Å². The fraction of sp³-hybridized carbons (Fsp3) is 0.167. The van der Waals surface area contributed by atoms with Crippen LogP contribution in [0.5, 0.6) is 5.75 Å². The topological polar surface area (TPSA) is 67.3 Å². The Morgan fingerprint density at radius 3 is 2.70 bits per heavy atom. The average Bonchev–Trinajstić information content (AvgIpc) is 3.31. The Kier molecular flexibility index (Phi) is 6.82. The molecule has 6 heteroatoms. The van der Waals surface area contributed by atoms with Crippen molar-refractivity contribution >= 4 is 11.3 Å².